The number of nitrogens with two attached hydrogens (primary N) is 1. The Morgan fingerprint density at radius 3 is 2.23 bits per heavy atom. The van der Waals surface area contributed by atoms with E-state index >= 15 is 0 Å². The molecule has 13 heavy (non-hydrogen) atoms. The third-order valence-corrected chi connectivity index (χ3v) is 2.86. The molecule has 0 aliphatic rings. The van der Waals surface area contributed by atoms with Crippen LogP contribution in [0, 0.1) is 5.92 Å². The van der Waals surface area contributed by atoms with E-state index in [-0.39, 0.29) is 0 Å². The van der Waals surface area contributed by atoms with E-state index in [1.807, 2.05) is 0 Å². The first kappa shape index (κ1) is 12.9. The van der Waals surface area contributed by atoms with E-state index in [0.717, 1.165) is 25.4 Å². The van der Waals surface area contributed by atoms with Crippen molar-refractivity contribution in [3.63, 3.8) is 0 Å². The van der Waals surface area contributed by atoms with Gasteiger partial charge in [-0.05, 0) is 32.4 Å². The Hall–Kier alpha value is -0.0800. The Kier molecular flexibility index (Phi) is 7.29. The number of hydrogen-bond acceptors (Lipinski definition) is 2. The fourth-order valence-electron chi connectivity index (χ4n) is 1.57. The fraction of sp³-hybridized carbons (Fsp3) is 1.00. The van der Waals surface area contributed by atoms with Gasteiger partial charge in [0.05, 0.1) is 0 Å². The largest absolute Gasteiger partial charge is 0.330 e. The average molecular weight is 186 g/mol. The van der Waals surface area contributed by atoms with Crippen LogP contribution >= 0.6 is 0 Å². The molecule has 0 aromatic rings. The van der Waals surface area contributed by atoms with Gasteiger partial charge in [-0.1, -0.05) is 27.2 Å². The van der Waals surface area contributed by atoms with Crippen LogP contribution in [-0.4, -0.2) is 30.6 Å². The quantitative estimate of drug-likeness (QED) is 0.659. The van der Waals surface area contributed by atoms with Crippen LogP contribution in [0.3, 0.4) is 0 Å². The van der Waals surface area contributed by atoms with Gasteiger partial charge in [0, 0.05) is 12.6 Å². The van der Waals surface area contributed by atoms with E-state index in [4.69, 9.17) is 5.73 Å². The zero-order chi connectivity index (χ0) is 10.3. The molecule has 2 unspecified atom stereocenters. The van der Waals surface area contributed by atoms with E-state index in [1.165, 1.54) is 13.0 Å². The lowest BCUT2D eigenvalue weighted by molar-refractivity contribution is 0.182. The summed E-state index contributed by atoms with van der Waals surface area (Å²) in [5.74, 6) is 0.806. The SMILES string of the molecule is CCC(C)CN(CC)C(C)CCN. The molecule has 0 aromatic heterocycles. The summed E-state index contributed by atoms with van der Waals surface area (Å²) in [6.07, 6.45) is 2.39. The minimum absolute atomic E-state index is 0.643. The topological polar surface area (TPSA) is 29.3 Å². The zero-order valence-corrected chi connectivity index (χ0v) is 9.71. The van der Waals surface area contributed by atoms with Crippen LogP contribution < -0.4 is 5.73 Å². The molecule has 0 aliphatic heterocycles. The molecule has 0 amide bonds. The average Bonchev–Trinajstić information content (AvgIpc) is 2.14. The molecule has 2 N–H and O–H groups in total. The lowest BCUT2D eigenvalue weighted by Gasteiger charge is -2.29. The van der Waals surface area contributed by atoms with Gasteiger partial charge in [0.25, 0.3) is 0 Å². The Morgan fingerprint density at radius 2 is 1.85 bits per heavy atom. The summed E-state index contributed by atoms with van der Waals surface area (Å²) in [5, 5.41) is 0. The van der Waals surface area contributed by atoms with E-state index < -0.39 is 0 Å². The van der Waals surface area contributed by atoms with Crippen molar-refractivity contribution in [1.29, 1.82) is 0 Å². The molecule has 0 aliphatic carbocycles. The monoisotopic (exact) mass is 186 g/mol. The van der Waals surface area contributed by atoms with E-state index in [2.05, 4.69) is 32.6 Å². The van der Waals surface area contributed by atoms with Crippen molar-refractivity contribution in [1.82, 2.24) is 4.90 Å². The van der Waals surface area contributed by atoms with Crippen molar-refractivity contribution in [2.75, 3.05) is 19.6 Å². The first-order valence-corrected chi connectivity index (χ1v) is 5.59. The van der Waals surface area contributed by atoms with Crippen LogP contribution in [0.2, 0.25) is 0 Å². The highest BCUT2D eigenvalue weighted by Crippen LogP contribution is 2.09. The maximum Gasteiger partial charge on any atom is 0.00789 e. The zero-order valence-electron chi connectivity index (χ0n) is 9.71. The molecule has 0 heterocycles. The predicted molar refractivity (Wildman–Crippen MR) is 59.8 cm³/mol. The summed E-state index contributed by atoms with van der Waals surface area (Å²) >= 11 is 0. The van der Waals surface area contributed by atoms with Crippen molar-refractivity contribution in [3.8, 4) is 0 Å². The molecule has 2 nitrogen and oxygen atoms in total. The summed E-state index contributed by atoms with van der Waals surface area (Å²) < 4.78 is 0. The Labute approximate surface area is 83.5 Å². The summed E-state index contributed by atoms with van der Waals surface area (Å²) in [4.78, 5) is 2.53. The molecular formula is C11H26N2. The lowest BCUT2D eigenvalue weighted by atomic mass is 10.1. The second kappa shape index (κ2) is 7.34. The minimum atomic E-state index is 0.643. The molecule has 0 spiro atoms. The first-order valence-electron chi connectivity index (χ1n) is 5.59. The molecule has 0 aromatic carbocycles. The normalized spacial score (nSPS) is 16.2. The maximum absolute atomic E-state index is 5.56. The molecule has 2 heteroatoms. The van der Waals surface area contributed by atoms with Crippen LogP contribution in [0.5, 0.6) is 0 Å². The second-order valence-corrected chi connectivity index (χ2v) is 4.03. The van der Waals surface area contributed by atoms with Gasteiger partial charge in [-0.3, -0.25) is 0 Å². The van der Waals surface area contributed by atoms with Gasteiger partial charge in [0.15, 0.2) is 0 Å². The minimum Gasteiger partial charge on any atom is -0.330 e. The smallest absolute Gasteiger partial charge is 0.00789 e. The number of hydrogen-bond donors (Lipinski definition) is 1. The standard InChI is InChI=1S/C11H26N2/c1-5-10(3)9-13(6-2)11(4)7-8-12/h10-11H,5-9,12H2,1-4H3. The van der Waals surface area contributed by atoms with Gasteiger partial charge in [-0.15, -0.1) is 0 Å². The number of nitrogens with zero attached hydrogens (tertiary/aromatic N) is 1. The third kappa shape index (κ3) is 5.27. The molecule has 0 bridgehead atoms. The van der Waals surface area contributed by atoms with E-state index in [0.29, 0.717) is 6.04 Å². The summed E-state index contributed by atoms with van der Waals surface area (Å²) in [5.41, 5.74) is 5.56. The van der Waals surface area contributed by atoms with Crippen molar-refractivity contribution in [2.45, 2.75) is 46.6 Å². The van der Waals surface area contributed by atoms with Gasteiger partial charge in [-0.25, -0.2) is 0 Å². The van der Waals surface area contributed by atoms with Gasteiger partial charge < -0.3 is 10.6 Å². The van der Waals surface area contributed by atoms with Crippen LogP contribution in [0.1, 0.15) is 40.5 Å². The second-order valence-electron chi connectivity index (χ2n) is 4.03. The summed E-state index contributed by atoms with van der Waals surface area (Å²) in [6.45, 7) is 12.2. The Morgan fingerprint density at radius 1 is 1.23 bits per heavy atom. The Balaban J connectivity index is 3.86. The number of rotatable bonds is 7. The van der Waals surface area contributed by atoms with Gasteiger partial charge in [0.2, 0.25) is 0 Å². The van der Waals surface area contributed by atoms with Crippen molar-refractivity contribution in [3.05, 3.63) is 0 Å². The highest BCUT2D eigenvalue weighted by Gasteiger charge is 2.13. The highest BCUT2D eigenvalue weighted by molar-refractivity contribution is 4.68. The molecule has 0 fully saturated rings. The van der Waals surface area contributed by atoms with Crippen LogP contribution in [0.15, 0.2) is 0 Å². The summed E-state index contributed by atoms with van der Waals surface area (Å²) in [6, 6.07) is 0.643. The van der Waals surface area contributed by atoms with Gasteiger partial charge in [-0.2, -0.15) is 0 Å². The van der Waals surface area contributed by atoms with Gasteiger partial charge >= 0.3 is 0 Å². The molecular weight excluding hydrogens is 160 g/mol. The fourth-order valence-corrected chi connectivity index (χ4v) is 1.57. The molecule has 0 saturated carbocycles. The third-order valence-electron chi connectivity index (χ3n) is 2.86. The van der Waals surface area contributed by atoms with E-state index in [1.54, 1.807) is 0 Å². The Bertz CT molecular complexity index is 115. The van der Waals surface area contributed by atoms with Gasteiger partial charge in [0.1, 0.15) is 0 Å². The molecule has 80 valence electrons. The molecule has 0 rings (SSSR count). The molecule has 0 radical (unpaired) electrons. The highest BCUT2D eigenvalue weighted by atomic mass is 15.1. The lowest BCUT2D eigenvalue weighted by Crippen LogP contribution is -2.37. The maximum atomic E-state index is 5.56. The molecule has 0 saturated heterocycles. The predicted octanol–water partition coefficient (Wildman–Crippen LogP) is 2.09. The van der Waals surface area contributed by atoms with Crippen molar-refractivity contribution < 1.29 is 0 Å². The molecule has 2 atom stereocenters. The van der Waals surface area contributed by atoms with Crippen LogP contribution in [0.25, 0.3) is 0 Å². The summed E-state index contributed by atoms with van der Waals surface area (Å²) in [7, 11) is 0. The van der Waals surface area contributed by atoms with Crippen LogP contribution in [-0.2, 0) is 0 Å². The first-order chi connectivity index (χ1) is 6.15. The van der Waals surface area contributed by atoms with Crippen molar-refractivity contribution in [2.24, 2.45) is 11.7 Å². The van der Waals surface area contributed by atoms with E-state index in [9.17, 15) is 0 Å². The van der Waals surface area contributed by atoms with Crippen LogP contribution in [0.4, 0.5) is 0 Å². The van der Waals surface area contributed by atoms with Crippen molar-refractivity contribution >= 4 is 0 Å².